The minimum absolute atomic E-state index is 0.0118. The average Bonchev–Trinajstić information content (AvgIpc) is 2.80. The molecule has 0 bridgehead atoms. The Balaban J connectivity index is 1.36. The first-order valence-electron chi connectivity index (χ1n) is 10.4. The van der Waals surface area contributed by atoms with E-state index in [0.717, 1.165) is 17.1 Å². The number of aromatic nitrogens is 2. The summed E-state index contributed by atoms with van der Waals surface area (Å²) < 4.78 is 11.6. The Labute approximate surface area is 182 Å². The molecule has 1 unspecified atom stereocenters. The third-order valence-corrected chi connectivity index (χ3v) is 5.31. The lowest BCUT2D eigenvalue weighted by Crippen LogP contribution is -2.55. The molecule has 7 nitrogen and oxygen atoms in total. The number of benzene rings is 2. The van der Waals surface area contributed by atoms with E-state index in [9.17, 15) is 4.79 Å². The van der Waals surface area contributed by atoms with Gasteiger partial charge in [-0.2, -0.15) is 0 Å². The maximum absolute atomic E-state index is 12.7. The maximum Gasteiger partial charge on any atom is 0.260 e. The Morgan fingerprint density at radius 3 is 2.61 bits per heavy atom. The Morgan fingerprint density at radius 2 is 1.84 bits per heavy atom. The first-order valence-corrected chi connectivity index (χ1v) is 10.4. The van der Waals surface area contributed by atoms with Gasteiger partial charge in [-0.3, -0.25) is 4.79 Å². The van der Waals surface area contributed by atoms with Crippen LogP contribution in [0.25, 0.3) is 0 Å². The van der Waals surface area contributed by atoms with Crippen molar-refractivity contribution in [3.05, 3.63) is 72.6 Å². The van der Waals surface area contributed by atoms with Crippen molar-refractivity contribution in [1.29, 1.82) is 0 Å². The van der Waals surface area contributed by atoms with Crippen LogP contribution < -0.4 is 14.4 Å². The van der Waals surface area contributed by atoms with Crippen LogP contribution in [0.15, 0.2) is 67.0 Å². The Bertz CT molecular complexity index is 1030. The number of ether oxygens (including phenoxy) is 2. The number of hydrogen-bond acceptors (Lipinski definition) is 6. The van der Waals surface area contributed by atoms with Gasteiger partial charge in [0.1, 0.15) is 23.6 Å². The molecule has 0 N–H and O–H groups in total. The first-order chi connectivity index (χ1) is 15.1. The fraction of sp³-hybridized carbons (Fsp3) is 0.292. The number of carbonyl (C=O) groups is 1. The molecule has 2 heterocycles. The number of carbonyl (C=O) groups excluding carboxylic acids is 1. The SMILES string of the molecule is Cc1ccccc1Oc1cc(N2CCN(C(=O)COc3ccccc3)C(C)C2)ncn1. The number of piperazine rings is 1. The van der Waals surface area contributed by atoms with Crippen molar-refractivity contribution in [2.45, 2.75) is 19.9 Å². The lowest BCUT2D eigenvalue weighted by molar-refractivity contribution is -0.135. The van der Waals surface area contributed by atoms with Crippen LogP contribution in [0.1, 0.15) is 12.5 Å². The fourth-order valence-corrected chi connectivity index (χ4v) is 3.62. The smallest absolute Gasteiger partial charge is 0.260 e. The number of hydrogen-bond donors (Lipinski definition) is 0. The van der Waals surface area contributed by atoms with Gasteiger partial charge >= 0.3 is 0 Å². The molecule has 31 heavy (non-hydrogen) atoms. The molecule has 1 aromatic heterocycles. The standard InChI is InChI=1S/C24H26N4O3/c1-18-8-6-7-11-21(18)31-23-14-22(25-17-26-23)27-12-13-28(19(2)15-27)24(29)16-30-20-9-4-3-5-10-20/h3-11,14,17,19H,12-13,15-16H2,1-2H3. The largest absolute Gasteiger partial charge is 0.484 e. The van der Waals surface area contributed by atoms with Crippen LogP contribution >= 0.6 is 0 Å². The molecule has 3 aromatic rings. The van der Waals surface area contributed by atoms with Crippen molar-refractivity contribution in [3.63, 3.8) is 0 Å². The van der Waals surface area contributed by atoms with Crippen LogP contribution in [-0.4, -0.2) is 53.1 Å². The molecule has 1 amide bonds. The predicted molar refractivity (Wildman–Crippen MR) is 119 cm³/mol. The van der Waals surface area contributed by atoms with E-state index < -0.39 is 0 Å². The highest BCUT2D eigenvalue weighted by molar-refractivity contribution is 5.78. The average molecular weight is 418 g/mol. The van der Waals surface area contributed by atoms with Crippen molar-refractivity contribution >= 4 is 11.7 Å². The molecule has 0 saturated carbocycles. The highest BCUT2D eigenvalue weighted by atomic mass is 16.5. The van der Waals surface area contributed by atoms with E-state index in [1.165, 1.54) is 6.33 Å². The van der Waals surface area contributed by atoms with Crippen molar-refractivity contribution in [2.75, 3.05) is 31.1 Å². The molecule has 7 heteroatoms. The highest BCUT2D eigenvalue weighted by Crippen LogP contribution is 2.26. The topological polar surface area (TPSA) is 67.8 Å². The minimum atomic E-state index is -0.0118. The molecule has 4 rings (SSSR count). The molecule has 1 aliphatic heterocycles. The van der Waals surface area contributed by atoms with Crippen LogP contribution in [-0.2, 0) is 4.79 Å². The minimum Gasteiger partial charge on any atom is -0.484 e. The van der Waals surface area contributed by atoms with Gasteiger partial charge in [-0.05, 0) is 37.6 Å². The highest BCUT2D eigenvalue weighted by Gasteiger charge is 2.28. The van der Waals surface area contributed by atoms with Gasteiger partial charge in [0.15, 0.2) is 6.61 Å². The van der Waals surface area contributed by atoms with Crippen LogP contribution in [0.3, 0.4) is 0 Å². The molecule has 1 saturated heterocycles. The fourth-order valence-electron chi connectivity index (χ4n) is 3.62. The summed E-state index contributed by atoms with van der Waals surface area (Å²) in [6.07, 6.45) is 1.51. The molecule has 0 spiro atoms. The summed E-state index contributed by atoms with van der Waals surface area (Å²) in [5, 5.41) is 0. The van der Waals surface area contributed by atoms with E-state index in [2.05, 4.69) is 14.9 Å². The van der Waals surface area contributed by atoms with E-state index in [0.29, 0.717) is 31.3 Å². The third kappa shape index (κ3) is 5.12. The predicted octanol–water partition coefficient (Wildman–Crippen LogP) is 3.69. The third-order valence-electron chi connectivity index (χ3n) is 5.31. The summed E-state index contributed by atoms with van der Waals surface area (Å²) in [5.74, 6) is 2.75. The van der Waals surface area contributed by atoms with Gasteiger partial charge in [-0.1, -0.05) is 36.4 Å². The summed E-state index contributed by atoms with van der Waals surface area (Å²) in [7, 11) is 0. The van der Waals surface area contributed by atoms with Crippen LogP contribution in [0.4, 0.5) is 5.82 Å². The van der Waals surface area contributed by atoms with Crippen molar-refractivity contribution in [3.8, 4) is 17.4 Å². The number of rotatable bonds is 6. The zero-order valence-electron chi connectivity index (χ0n) is 17.8. The van der Waals surface area contributed by atoms with E-state index in [1.807, 2.05) is 79.4 Å². The summed E-state index contributed by atoms with van der Waals surface area (Å²) >= 11 is 0. The lowest BCUT2D eigenvalue weighted by Gasteiger charge is -2.40. The van der Waals surface area contributed by atoms with Gasteiger partial charge in [-0.15, -0.1) is 0 Å². The number of nitrogens with zero attached hydrogens (tertiary/aromatic N) is 4. The van der Waals surface area contributed by atoms with Crippen molar-refractivity contribution in [2.24, 2.45) is 0 Å². The summed E-state index contributed by atoms with van der Waals surface area (Å²) in [5.41, 5.74) is 1.04. The van der Waals surface area contributed by atoms with Gasteiger partial charge < -0.3 is 19.3 Å². The second-order valence-electron chi connectivity index (χ2n) is 7.57. The van der Waals surface area contributed by atoms with Gasteiger partial charge in [0.25, 0.3) is 5.91 Å². The van der Waals surface area contributed by atoms with Gasteiger partial charge in [0.05, 0.1) is 0 Å². The zero-order chi connectivity index (χ0) is 21.6. The molecule has 2 aromatic carbocycles. The molecular weight excluding hydrogens is 392 g/mol. The van der Waals surface area contributed by atoms with E-state index in [4.69, 9.17) is 9.47 Å². The molecule has 1 fully saturated rings. The molecular formula is C24H26N4O3. The molecule has 1 aliphatic rings. The van der Waals surface area contributed by atoms with Gasteiger partial charge in [0.2, 0.25) is 5.88 Å². The lowest BCUT2D eigenvalue weighted by atomic mass is 10.2. The summed E-state index contributed by atoms with van der Waals surface area (Å²) in [6.45, 7) is 6.04. The second-order valence-corrected chi connectivity index (χ2v) is 7.57. The van der Waals surface area contributed by atoms with Gasteiger partial charge in [0, 0.05) is 31.7 Å². The molecule has 0 radical (unpaired) electrons. The number of aryl methyl sites for hydroxylation is 1. The van der Waals surface area contributed by atoms with E-state index in [-0.39, 0.29) is 18.6 Å². The molecule has 1 atom stereocenters. The van der Waals surface area contributed by atoms with Crippen LogP contribution in [0.2, 0.25) is 0 Å². The molecule has 0 aliphatic carbocycles. The van der Waals surface area contributed by atoms with Gasteiger partial charge in [-0.25, -0.2) is 9.97 Å². The summed E-state index contributed by atoms with van der Waals surface area (Å²) in [4.78, 5) is 25.3. The van der Waals surface area contributed by atoms with Crippen molar-refractivity contribution in [1.82, 2.24) is 14.9 Å². The quantitative estimate of drug-likeness (QED) is 0.608. The molecule has 160 valence electrons. The summed E-state index contributed by atoms with van der Waals surface area (Å²) in [6, 6.07) is 19.1. The second kappa shape index (κ2) is 9.47. The number of amides is 1. The Hall–Kier alpha value is -3.61. The number of para-hydroxylation sites is 2. The van der Waals surface area contributed by atoms with Crippen LogP contribution in [0.5, 0.6) is 17.4 Å². The van der Waals surface area contributed by atoms with E-state index in [1.54, 1.807) is 0 Å². The zero-order valence-corrected chi connectivity index (χ0v) is 17.8. The first kappa shape index (κ1) is 20.7. The number of anilines is 1. The Kier molecular flexibility index (Phi) is 6.31. The van der Waals surface area contributed by atoms with Crippen molar-refractivity contribution < 1.29 is 14.3 Å². The monoisotopic (exact) mass is 418 g/mol. The Morgan fingerprint density at radius 1 is 1.06 bits per heavy atom. The van der Waals surface area contributed by atoms with E-state index >= 15 is 0 Å². The maximum atomic E-state index is 12.7. The van der Waals surface area contributed by atoms with Crippen LogP contribution in [0, 0.1) is 6.92 Å². The normalized spacial score (nSPS) is 16.1.